The number of hydrogen-bond acceptors (Lipinski definition) is 5. The Kier molecular flexibility index (Phi) is 4.79. The number of fused-ring (bicyclic) bond motifs is 1. The van der Waals surface area contributed by atoms with E-state index in [-0.39, 0.29) is 29.4 Å². The van der Waals surface area contributed by atoms with Gasteiger partial charge in [-0.25, -0.2) is 0 Å². The molecule has 1 N–H and O–H groups in total. The maximum absolute atomic E-state index is 12.5. The van der Waals surface area contributed by atoms with Gasteiger partial charge in [0, 0.05) is 32.0 Å². The molecular weight excluding hydrogens is 352 g/mol. The molecule has 3 saturated heterocycles. The van der Waals surface area contributed by atoms with Crippen LogP contribution in [-0.4, -0.2) is 61.8 Å². The van der Waals surface area contributed by atoms with E-state index in [2.05, 4.69) is 5.32 Å². The Hall–Kier alpha value is -1.44. The van der Waals surface area contributed by atoms with Crippen molar-refractivity contribution in [2.45, 2.75) is 37.9 Å². The molecule has 4 rings (SSSR count). The fourth-order valence-corrected chi connectivity index (χ4v) is 5.74. The average Bonchev–Trinajstić information content (AvgIpc) is 3.37. The molecule has 2 bridgehead atoms. The maximum Gasteiger partial charge on any atom is 0.261 e. The summed E-state index contributed by atoms with van der Waals surface area (Å²) in [6.07, 6.45) is 2.67. The van der Waals surface area contributed by atoms with E-state index >= 15 is 0 Å². The van der Waals surface area contributed by atoms with Crippen molar-refractivity contribution in [3.8, 4) is 0 Å². The van der Waals surface area contributed by atoms with Crippen molar-refractivity contribution in [1.29, 1.82) is 0 Å². The fourth-order valence-electron chi connectivity index (χ4n) is 4.90. The summed E-state index contributed by atoms with van der Waals surface area (Å²) in [4.78, 5) is 27.6. The van der Waals surface area contributed by atoms with Crippen LogP contribution in [0.5, 0.6) is 0 Å². The molecule has 0 aliphatic carbocycles. The van der Waals surface area contributed by atoms with Gasteiger partial charge in [0.1, 0.15) is 0 Å². The first-order valence-corrected chi connectivity index (χ1v) is 10.2. The van der Waals surface area contributed by atoms with Crippen molar-refractivity contribution in [2.75, 3.05) is 33.4 Å². The third kappa shape index (κ3) is 2.96. The van der Waals surface area contributed by atoms with Gasteiger partial charge in [0.2, 0.25) is 5.91 Å². The van der Waals surface area contributed by atoms with Gasteiger partial charge in [0.15, 0.2) is 0 Å². The van der Waals surface area contributed by atoms with E-state index in [0.29, 0.717) is 32.0 Å². The fraction of sp³-hybridized carbons (Fsp3) is 0.684. The van der Waals surface area contributed by atoms with Crippen LogP contribution in [0.3, 0.4) is 0 Å². The molecule has 0 unspecified atom stereocenters. The standard InChI is InChI=1S/C19H26N2O4S/c1-12-5-8-26-17(12)18(23)20-9-13-14-10-21(16(22)4-7-24-2)11-19(14)6-3-15(13)25-19/h5,8,13-15H,3-4,6-7,9-11H2,1-2H3,(H,20,23)/t13-,14+,15+,19+/m0/s1. The minimum absolute atomic E-state index is 0.000322. The van der Waals surface area contributed by atoms with Crippen LogP contribution in [-0.2, 0) is 14.3 Å². The van der Waals surface area contributed by atoms with Gasteiger partial charge in [-0.15, -0.1) is 11.3 Å². The molecule has 4 atom stereocenters. The summed E-state index contributed by atoms with van der Waals surface area (Å²) in [5.41, 5.74) is 0.825. The molecule has 4 heterocycles. The zero-order valence-corrected chi connectivity index (χ0v) is 16.1. The SMILES string of the molecule is COCCC(=O)N1C[C@@H]2[C@H](CNC(=O)c3sccc3C)[C@H]3CC[C@]2(C1)O3. The summed E-state index contributed by atoms with van der Waals surface area (Å²) in [6, 6.07) is 1.97. The molecule has 2 amide bonds. The number of nitrogens with one attached hydrogen (secondary N) is 1. The number of amides is 2. The first-order chi connectivity index (χ1) is 12.5. The van der Waals surface area contributed by atoms with E-state index in [1.807, 2.05) is 23.3 Å². The van der Waals surface area contributed by atoms with Crippen LogP contribution in [0.15, 0.2) is 11.4 Å². The quantitative estimate of drug-likeness (QED) is 0.820. The maximum atomic E-state index is 12.5. The molecule has 0 saturated carbocycles. The molecule has 142 valence electrons. The highest BCUT2D eigenvalue weighted by Crippen LogP contribution is 2.54. The predicted molar refractivity (Wildman–Crippen MR) is 98.3 cm³/mol. The summed E-state index contributed by atoms with van der Waals surface area (Å²) in [5.74, 6) is 0.741. The van der Waals surface area contributed by atoms with Crippen LogP contribution in [0.25, 0.3) is 0 Å². The summed E-state index contributed by atoms with van der Waals surface area (Å²) in [5, 5.41) is 5.05. The second kappa shape index (κ2) is 6.94. The topological polar surface area (TPSA) is 67.9 Å². The highest BCUT2D eigenvalue weighted by atomic mass is 32.1. The molecular formula is C19H26N2O4S. The number of likely N-dealkylation sites (tertiary alicyclic amines) is 1. The second-order valence-electron chi connectivity index (χ2n) is 7.69. The molecule has 0 radical (unpaired) electrons. The van der Waals surface area contributed by atoms with Crippen molar-refractivity contribution in [3.63, 3.8) is 0 Å². The van der Waals surface area contributed by atoms with Crippen molar-refractivity contribution in [2.24, 2.45) is 11.8 Å². The van der Waals surface area contributed by atoms with Crippen molar-refractivity contribution in [3.05, 3.63) is 21.9 Å². The third-order valence-corrected chi connectivity index (χ3v) is 7.24. The van der Waals surface area contributed by atoms with E-state index in [1.165, 1.54) is 11.3 Å². The van der Waals surface area contributed by atoms with Gasteiger partial charge in [0.05, 0.1) is 36.2 Å². The lowest BCUT2D eigenvalue weighted by Crippen LogP contribution is -2.41. The summed E-state index contributed by atoms with van der Waals surface area (Å²) in [7, 11) is 1.61. The molecule has 1 aromatic heterocycles. The Bertz CT molecular complexity index is 705. The number of methoxy groups -OCH3 is 1. The number of carbonyl (C=O) groups excluding carboxylic acids is 2. The smallest absolute Gasteiger partial charge is 0.261 e. The third-order valence-electron chi connectivity index (χ3n) is 6.22. The number of rotatable bonds is 6. The lowest BCUT2D eigenvalue weighted by molar-refractivity contribution is -0.132. The Morgan fingerprint density at radius 1 is 1.50 bits per heavy atom. The molecule has 6 nitrogen and oxygen atoms in total. The molecule has 3 aliphatic heterocycles. The number of carbonyl (C=O) groups is 2. The van der Waals surface area contributed by atoms with Crippen LogP contribution in [0, 0.1) is 18.8 Å². The number of aryl methyl sites for hydroxylation is 1. The van der Waals surface area contributed by atoms with E-state index in [0.717, 1.165) is 29.8 Å². The first-order valence-electron chi connectivity index (χ1n) is 9.31. The van der Waals surface area contributed by atoms with Gasteiger partial charge in [-0.3, -0.25) is 9.59 Å². The number of nitrogens with zero attached hydrogens (tertiary/aromatic N) is 1. The highest BCUT2D eigenvalue weighted by Gasteiger charge is 2.63. The van der Waals surface area contributed by atoms with E-state index in [4.69, 9.17) is 9.47 Å². The van der Waals surface area contributed by atoms with E-state index in [9.17, 15) is 9.59 Å². The van der Waals surface area contributed by atoms with Crippen molar-refractivity contribution >= 4 is 23.2 Å². The zero-order chi connectivity index (χ0) is 18.3. The van der Waals surface area contributed by atoms with E-state index in [1.54, 1.807) is 7.11 Å². The summed E-state index contributed by atoms with van der Waals surface area (Å²) < 4.78 is 11.4. The molecule has 26 heavy (non-hydrogen) atoms. The van der Waals surface area contributed by atoms with Gasteiger partial charge in [-0.2, -0.15) is 0 Å². The summed E-state index contributed by atoms with van der Waals surface area (Å²) >= 11 is 1.48. The molecule has 1 aromatic rings. The number of ether oxygens (including phenoxy) is 2. The Balaban J connectivity index is 1.40. The van der Waals surface area contributed by atoms with Crippen molar-refractivity contribution in [1.82, 2.24) is 10.2 Å². The lowest BCUT2D eigenvalue weighted by Gasteiger charge is -2.29. The minimum Gasteiger partial charge on any atom is -0.384 e. The van der Waals surface area contributed by atoms with Gasteiger partial charge in [-0.05, 0) is 36.8 Å². The molecule has 3 aliphatic rings. The zero-order valence-electron chi connectivity index (χ0n) is 15.3. The molecule has 1 spiro atoms. The highest BCUT2D eigenvalue weighted by molar-refractivity contribution is 7.12. The average molecular weight is 378 g/mol. The number of thiophene rings is 1. The van der Waals surface area contributed by atoms with Gasteiger partial charge in [-0.1, -0.05) is 0 Å². The van der Waals surface area contributed by atoms with Crippen LogP contribution in [0.4, 0.5) is 0 Å². The lowest BCUT2D eigenvalue weighted by atomic mass is 9.73. The monoisotopic (exact) mass is 378 g/mol. The number of hydrogen-bond donors (Lipinski definition) is 1. The van der Waals surface area contributed by atoms with Crippen LogP contribution in [0.1, 0.15) is 34.5 Å². The largest absolute Gasteiger partial charge is 0.384 e. The van der Waals surface area contributed by atoms with Gasteiger partial charge in [0.25, 0.3) is 5.91 Å². The summed E-state index contributed by atoms with van der Waals surface area (Å²) in [6.45, 7) is 4.45. The van der Waals surface area contributed by atoms with Crippen LogP contribution in [0.2, 0.25) is 0 Å². The normalized spacial score (nSPS) is 32.1. The van der Waals surface area contributed by atoms with Gasteiger partial charge < -0.3 is 19.7 Å². The Morgan fingerprint density at radius 2 is 2.35 bits per heavy atom. The van der Waals surface area contributed by atoms with Gasteiger partial charge >= 0.3 is 0 Å². The molecule has 3 fully saturated rings. The molecule has 7 heteroatoms. The van der Waals surface area contributed by atoms with Crippen LogP contribution < -0.4 is 5.32 Å². The first kappa shape index (κ1) is 17.9. The van der Waals surface area contributed by atoms with Crippen LogP contribution >= 0.6 is 11.3 Å². The second-order valence-corrected chi connectivity index (χ2v) is 8.61. The predicted octanol–water partition coefficient (Wildman–Crippen LogP) is 1.83. The molecule has 0 aromatic carbocycles. The van der Waals surface area contributed by atoms with Crippen molar-refractivity contribution < 1.29 is 19.1 Å². The Morgan fingerprint density at radius 3 is 3.08 bits per heavy atom. The van der Waals surface area contributed by atoms with E-state index < -0.39 is 0 Å². The Labute approximate surface area is 157 Å². The minimum atomic E-state index is -0.193.